The highest BCUT2D eigenvalue weighted by atomic mass is 16.5. The molecule has 1 aromatic carbocycles. The molecule has 0 fully saturated rings. The Morgan fingerprint density at radius 1 is 1.21 bits per heavy atom. The lowest BCUT2D eigenvalue weighted by molar-refractivity contribution is 0.159. The van der Waals surface area contributed by atoms with Gasteiger partial charge in [0.15, 0.2) is 0 Å². The molecular formula is C16H28N2O. The zero-order valence-electron chi connectivity index (χ0n) is 12.8. The topological polar surface area (TPSA) is 24.5 Å². The summed E-state index contributed by atoms with van der Waals surface area (Å²) in [5.74, 6) is 0. The van der Waals surface area contributed by atoms with E-state index in [-0.39, 0.29) is 0 Å². The molecule has 1 aromatic rings. The lowest BCUT2D eigenvalue weighted by Gasteiger charge is -2.22. The molecule has 1 atom stereocenters. The van der Waals surface area contributed by atoms with Crippen LogP contribution in [0.5, 0.6) is 0 Å². The van der Waals surface area contributed by atoms with Crippen molar-refractivity contribution >= 4 is 0 Å². The largest absolute Gasteiger partial charge is 0.383 e. The van der Waals surface area contributed by atoms with Gasteiger partial charge in [-0.25, -0.2) is 0 Å². The van der Waals surface area contributed by atoms with Gasteiger partial charge in [-0.15, -0.1) is 0 Å². The number of nitrogens with zero attached hydrogens (tertiary/aromatic N) is 1. The van der Waals surface area contributed by atoms with Crippen LogP contribution in [0.2, 0.25) is 0 Å². The summed E-state index contributed by atoms with van der Waals surface area (Å²) in [4.78, 5) is 2.32. The van der Waals surface area contributed by atoms with Crippen molar-refractivity contribution in [1.82, 2.24) is 10.2 Å². The Bertz CT molecular complexity index is 337. The van der Waals surface area contributed by atoms with Crippen molar-refractivity contribution in [3.05, 3.63) is 35.4 Å². The van der Waals surface area contributed by atoms with E-state index < -0.39 is 0 Å². The molecule has 108 valence electrons. The Morgan fingerprint density at radius 3 is 2.47 bits per heavy atom. The van der Waals surface area contributed by atoms with Crippen LogP contribution in [0.25, 0.3) is 0 Å². The molecule has 0 amide bonds. The van der Waals surface area contributed by atoms with Crippen LogP contribution in [0.4, 0.5) is 0 Å². The van der Waals surface area contributed by atoms with E-state index >= 15 is 0 Å². The molecule has 1 rings (SSSR count). The standard InChI is InChI=1S/C16H28N2O/c1-5-17-16(10-11-18(3)12-13-19-4)15-8-6-14(2)7-9-15/h6-9,16-17H,5,10-13H2,1-4H3. The van der Waals surface area contributed by atoms with Gasteiger partial charge in [0, 0.05) is 19.7 Å². The van der Waals surface area contributed by atoms with Gasteiger partial charge in [0.25, 0.3) is 0 Å². The molecule has 0 heterocycles. The predicted molar refractivity (Wildman–Crippen MR) is 81.6 cm³/mol. The highest BCUT2D eigenvalue weighted by Gasteiger charge is 2.11. The lowest BCUT2D eigenvalue weighted by atomic mass is 10.0. The maximum Gasteiger partial charge on any atom is 0.0589 e. The van der Waals surface area contributed by atoms with Crippen molar-refractivity contribution < 1.29 is 4.74 Å². The SMILES string of the molecule is CCNC(CCN(C)CCOC)c1ccc(C)cc1. The number of ether oxygens (including phenoxy) is 1. The number of methoxy groups -OCH3 is 1. The van der Waals surface area contributed by atoms with E-state index in [1.807, 2.05) is 0 Å². The van der Waals surface area contributed by atoms with E-state index in [9.17, 15) is 0 Å². The highest BCUT2D eigenvalue weighted by Crippen LogP contribution is 2.17. The minimum Gasteiger partial charge on any atom is -0.383 e. The van der Waals surface area contributed by atoms with Gasteiger partial charge in [0.2, 0.25) is 0 Å². The van der Waals surface area contributed by atoms with Gasteiger partial charge in [-0.3, -0.25) is 0 Å². The van der Waals surface area contributed by atoms with Gasteiger partial charge in [-0.1, -0.05) is 36.8 Å². The van der Waals surface area contributed by atoms with E-state index in [1.54, 1.807) is 7.11 Å². The molecule has 3 nitrogen and oxygen atoms in total. The fourth-order valence-electron chi connectivity index (χ4n) is 2.14. The van der Waals surface area contributed by atoms with Gasteiger partial charge < -0.3 is 15.0 Å². The molecule has 0 aliphatic carbocycles. The van der Waals surface area contributed by atoms with Crippen molar-refractivity contribution in [2.45, 2.75) is 26.3 Å². The quantitative estimate of drug-likeness (QED) is 0.742. The number of hydrogen-bond acceptors (Lipinski definition) is 3. The summed E-state index contributed by atoms with van der Waals surface area (Å²) in [5, 5.41) is 3.57. The number of rotatable bonds is 9. The van der Waals surface area contributed by atoms with Crippen LogP contribution in [0.3, 0.4) is 0 Å². The number of hydrogen-bond donors (Lipinski definition) is 1. The summed E-state index contributed by atoms with van der Waals surface area (Å²) in [7, 11) is 3.90. The minimum atomic E-state index is 0.440. The molecule has 19 heavy (non-hydrogen) atoms. The van der Waals surface area contributed by atoms with Gasteiger partial charge in [0.05, 0.1) is 6.61 Å². The fraction of sp³-hybridized carbons (Fsp3) is 0.625. The van der Waals surface area contributed by atoms with Crippen LogP contribution in [0, 0.1) is 6.92 Å². The predicted octanol–water partition coefficient (Wildman–Crippen LogP) is 2.61. The first-order valence-electron chi connectivity index (χ1n) is 7.14. The number of nitrogens with one attached hydrogen (secondary N) is 1. The van der Waals surface area contributed by atoms with Gasteiger partial charge in [-0.2, -0.15) is 0 Å². The van der Waals surface area contributed by atoms with E-state index in [2.05, 4.69) is 55.4 Å². The Morgan fingerprint density at radius 2 is 1.89 bits per heavy atom. The van der Waals surface area contributed by atoms with Crippen molar-refractivity contribution in [2.75, 3.05) is 40.4 Å². The molecule has 0 saturated carbocycles. The van der Waals surface area contributed by atoms with Gasteiger partial charge in [-0.05, 0) is 39.0 Å². The summed E-state index contributed by atoms with van der Waals surface area (Å²) < 4.78 is 5.11. The molecule has 0 aromatic heterocycles. The van der Waals surface area contributed by atoms with Gasteiger partial charge in [0.1, 0.15) is 0 Å². The van der Waals surface area contributed by atoms with Crippen LogP contribution < -0.4 is 5.32 Å². The maximum atomic E-state index is 5.11. The first-order valence-corrected chi connectivity index (χ1v) is 7.14. The number of benzene rings is 1. The Labute approximate surface area is 118 Å². The van der Waals surface area contributed by atoms with Crippen LogP contribution in [0.15, 0.2) is 24.3 Å². The Balaban J connectivity index is 2.50. The van der Waals surface area contributed by atoms with E-state index in [4.69, 9.17) is 4.74 Å². The second kappa shape index (κ2) is 9.08. The third-order valence-electron chi connectivity index (χ3n) is 3.41. The summed E-state index contributed by atoms with van der Waals surface area (Å²) in [6, 6.07) is 9.29. The third kappa shape index (κ3) is 6.19. The monoisotopic (exact) mass is 264 g/mol. The zero-order chi connectivity index (χ0) is 14.1. The van der Waals surface area contributed by atoms with E-state index in [0.29, 0.717) is 6.04 Å². The zero-order valence-corrected chi connectivity index (χ0v) is 12.8. The molecule has 1 N–H and O–H groups in total. The van der Waals surface area contributed by atoms with Crippen LogP contribution in [0.1, 0.15) is 30.5 Å². The fourth-order valence-corrected chi connectivity index (χ4v) is 2.14. The number of aryl methyl sites for hydroxylation is 1. The van der Waals surface area contributed by atoms with Crippen molar-refractivity contribution in [3.63, 3.8) is 0 Å². The second-order valence-corrected chi connectivity index (χ2v) is 5.11. The van der Waals surface area contributed by atoms with E-state index in [0.717, 1.165) is 32.7 Å². The average Bonchev–Trinajstić information content (AvgIpc) is 2.42. The molecule has 3 heteroatoms. The molecule has 0 radical (unpaired) electrons. The molecule has 0 bridgehead atoms. The first kappa shape index (κ1) is 16.2. The summed E-state index contributed by atoms with van der Waals surface area (Å²) in [6.45, 7) is 8.16. The molecule has 1 unspecified atom stereocenters. The summed E-state index contributed by atoms with van der Waals surface area (Å²) in [6.07, 6.45) is 1.12. The smallest absolute Gasteiger partial charge is 0.0589 e. The Hall–Kier alpha value is -0.900. The summed E-state index contributed by atoms with van der Waals surface area (Å²) in [5.41, 5.74) is 2.70. The normalized spacial score (nSPS) is 12.9. The first-order chi connectivity index (χ1) is 9.17. The molecular weight excluding hydrogens is 236 g/mol. The number of likely N-dealkylation sites (N-methyl/N-ethyl adjacent to an activating group) is 1. The van der Waals surface area contributed by atoms with Gasteiger partial charge >= 0.3 is 0 Å². The molecule has 0 saturated heterocycles. The molecule has 0 aliphatic heterocycles. The highest BCUT2D eigenvalue weighted by molar-refractivity contribution is 5.24. The van der Waals surface area contributed by atoms with Crippen molar-refractivity contribution in [2.24, 2.45) is 0 Å². The van der Waals surface area contributed by atoms with Crippen LogP contribution in [-0.2, 0) is 4.74 Å². The second-order valence-electron chi connectivity index (χ2n) is 5.11. The lowest BCUT2D eigenvalue weighted by Crippen LogP contribution is -2.29. The summed E-state index contributed by atoms with van der Waals surface area (Å²) >= 11 is 0. The molecule has 0 aliphatic rings. The maximum absolute atomic E-state index is 5.11. The Kier molecular flexibility index (Phi) is 7.72. The molecule has 0 spiro atoms. The van der Waals surface area contributed by atoms with E-state index in [1.165, 1.54) is 11.1 Å². The minimum absolute atomic E-state index is 0.440. The van der Waals surface area contributed by atoms with Crippen LogP contribution in [-0.4, -0.2) is 45.3 Å². The third-order valence-corrected chi connectivity index (χ3v) is 3.41. The van der Waals surface area contributed by atoms with Crippen molar-refractivity contribution in [3.8, 4) is 0 Å². The average molecular weight is 264 g/mol. The van der Waals surface area contributed by atoms with Crippen molar-refractivity contribution in [1.29, 1.82) is 0 Å². The van der Waals surface area contributed by atoms with Crippen LogP contribution >= 0.6 is 0 Å².